The normalized spacial score (nSPS) is 17.5. The largest absolute Gasteiger partial charge is 0.493 e. The van der Waals surface area contributed by atoms with E-state index in [0.717, 1.165) is 27.8 Å². The van der Waals surface area contributed by atoms with Crippen LogP contribution >= 0.6 is 0 Å². The number of carbonyl (C=O) groups excluding carboxylic acids is 1. The third kappa shape index (κ3) is 4.91. The second kappa shape index (κ2) is 10.00. The molecule has 176 valence electrons. The highest BCUT2D eigenvalue weighted by Gasteiger charge is 2.39. The molecule has 1 N–H and O–H groups in total. The van der Waals surface area contributed by atoms with Gasteiger partial charge in [-0.1, -0.05) is 60.2 Å². The monoisotopic (exact) mass is 459 g/mol. The molecule has 0 aromatic heterocycles. The van der Waals surface area contributed by atoms with Gasteiger partial charge in [0.25, 0.3) is 0 Å². The summed E-state index contributed by atoms with van der Waals surface area (Å²) in [5, 5.41) is 9.27. The Kier molecular flexibility index (Phi) is 6.87. The first-order chi connectivity index (χ1) is 16.4. The molecule has 2 atom stereocenters. The van der Waals surface area contributed by atoms with Gasteiger partial charge in [-0.25, -0.2) is 4.79 Å². The van der Waals surface area contributed by atoms with Gasteiger partial charge in [0, 0.05) is 5.56 Å². The van der Waals surface area contributed by atoms with E-state index in [-0.39, 0.29) is 24.7 Å². The average Bonchev–Trinajstić information content (AvgIpc) is 3.09. The second-order valence-electron chi connectivity index (χ2n) is 8.58. The Balaban J connectivity index is 1.71. The van der Waals surface area contributed by atoms with Crippen LogP contribution in [0.3, 0.4) is 0 Å². The Hall–Kier alpha value is -3.80. The fourth-order valence-electron chi connectivity index (χ4n) is 4.46. The van der Waals surface area contributed by atoms with Crippen LogP contribution in [0.5, 0.6) is 5.75 Å². The zero-order valence-electron chi connectivity index (χ0n) is 19.7. The summed E-state index contributed by atoms with van der Waals surface area (Å²) in [6.45, 7) is 6.78. The van der Waals surface area contributed by atoms with Crippen molar-refractivity contribution in [1.82, 2.24) is 4.90 Å². The second-order valence-corrected chi connectivity index (χ2v) is 8.58. The number of hydrogen-bond donors (Lipinski definition) is 1. The molecular formula is C28H29NO5. The topological polar surface area (TPSA) is 76.1 Å². The van der Waals surface area contributed by atoms with E-state index >= 15 is 0 Å². The highest BCUT2D eigenvalue weighted by Crippen LogP contribution is 2.38. The van der Waals surface area contributed by atoms with E-state index in [1.165, 1.54) is 0 Å². The summed E-state index contributed by atoms with van der Waals surface area (Å²) >= 11 is 0. The lowest BCUT2D eigenvalue weighted by Gasteiger charge is -2.23. The molecule has 6 nitrogen and oxygen atoms in total. The van der Waals surface area contributed by atoms with Crippen LogP contribution < -0.4 is 4.74 Å². The van der Waals surface area contributed by atoms with Crippen LogP contribution in [-0.2, 0) is 22.5 Å². The molecule has 6 heteroatoms. The van der Waals surface area contributed by atoms with Crippen molar-refractivity contribution in [3.63, 3.8) is 0 Å². The molecule has 0 spiro atoms. The lowest BCUT2D eigenvalue weighted by Crippen LogP contribution is -2.31. The number of carbonyl (C=O) groups is 2. The molecule has 1 heterocycles. The van der Waals surface area contributed by atoms with Crippen LogP contribution in [0.2, 0.25) is 0 Å². The number of carboxylic acid groups (broad SMARTS) is 1. The van der Waals surface area contributed by atoms with Crippen molar-refractivity contribution < 1.29 is 24.2 Å². The van der Waals surface area contributed by atoms with Crippen LogP contribution in [-0.4, -0.2) is 34.7 Å². The maximum atomic E-state index is 12.9. The molecule has 1 amide bonds. The van der Waals surface area contributed by atoms with Gasteiger partial charge < -0.3 is 14.6 Å². The van der Waals surface area contributed by atoms with Crippen LogP contribution in [0.1, 0.15) is 42.2 Å². The molecular weight excluding hydrogens is 430 g/mol. The van der Waals surface area contributed by atoms with Crippen molar-refractivity contribution >= 4 is 12.1 Å². The van der Waals surface area contributed by atoms with E-state index < -0.39 is 5.97 Å². The van der Waals surface area contributed by atoms with Gasteiger partial charge in [0.2, 0.25) is 0 Å². The molecule has 3 aromatic rings. The van der Waals surface area contributed by atoms with Gasteiger partial charge in [0.05, 0.1) is 25.6 Å². The number of aryl methyl sites for hydroxylation is 1. The number of carboxylic acids is 1. The standard InChI is InChI=1S/C28H29NO5/c1-4-33-25-13-11-20(16-26(30)31)15-24(25)23-12-10-18(2)14-22(23)17-29-19(3)27(34-28(29)32)21-8-6-5-7-9-21/h5-15,19,27H,4,16-17H2,1-3H3,(H,30,31)/t19-,27-/m0/s1. The van der Waals surface area contributed by atoms with Crippen molar-refractivity contribution in [3.05, 3.63) is 89.0 Å². The van der Waals surface area contributed by atoms with Crippen molar-refractivity contribution in [2.45, 2.75) is 45.9 Å². The predicted molar refractivity (Wildman–Crippen MR) is 130 cm³/mol. The van der Waals surface area contributed by atoms with Crippen LogP contribution in [0.25, 0.3) is 11.1 Å². The Labute approximate surface area is 199 Å². The van der Waals surface area contributed by atoms with Crippen molar-refractivity contribution in [2.75, 3.05) is 6.61 Å². The number of amides is 1. The lowest BCUT2D eigenvalue weighted by atomic mass is 9.94. The number of cyclic esters (lactones) is 1. The Morgan fingerprint density at radius 2 is 1.82 bits per heavy atom. The first kappa shape index (κ1) is 23.4. The van der Waals surface area contributed by atoms with Crippen molar-refractivity contribution in [3.8, 4) is 16.9 Å². The first-order valence-electron chi connectivity index (χ1n) is 11.5. The molecule has 0 aliphatic carbocycles. The number of rotatable bonds is 8. The van der Waals surface area contributed by atoms with Crippen LogP contribution in [0.15, 0.2) is 66.7 Å². The molecule has 0 bridgehead atoms. The van der Waals surface area contributed by atoms with Gasteiger partial charge in [-0.15, -0.1) is 0 Å². The summed E-state index contributed by atoms with van der Waals surface area (Å²) in [4.78, 5) is 25.9. The molecule has 34 heavy (non-hydrogen) atoms. The molecule has 0 saturated carbocycles. The molecule has 0 unspecified atom stereocenters. The highest BCUT2D eigenvalue weighted by atomic mass is 16.6. The third-order valence-corrected chi connectivity index (χ3v) is 6.11. The van der Waals surface area contributed by atoms with E-state index in [1.54, 1.807) is 11.0 Å². The predicted octanol–water partition coefficient (Wildman–Crippen LogP) is 5.77. The smallest absolute Gasteiger partial charge is 0.411 e. The summed E-state index contributed by atoms with van der Waals surface area (Å²) < 4.78 is 11.6. The van der Waals surface area contributed by atoms with Crippen LogP contribution in [0, 0.1) is 6.92 Å². The number of benzene rings is 3. The molecule has 1 aliphatic rings. The molecule has 3 aromatic carbocycles. The van der Waals surface area contributed by atoms with Gasteiger partial charge >= 0.3 is 12.1 Å². The number of nitrogens with zero attached hydrogens (tertiary/aromatic N) is 1. The fourth-order valence-corrected chi connectivity index (χ4v) is 4.46. The van der Waals surface area contributed by atoms with Gasteiger partial charge in [-0.2, -0.15) is 0 Å². The van der Waals surface area contributed by atoms with E-state index in [0.29, 0.717) is 24.5 Å². The first-order valence-corrected chi connectivity index (χ1v) is 11.5. The maximum absolute atomic E-state index is 12.9. The summed E-state index contributed by atoms with van der Waals surface area (Å²) in [6.07, 6.45) is -0.757. The van der Waals surface area contributed by atoms with Gasteiger partial charge in [0.1, 0.15) is 11.9 Å². The maximum Gasteiger partial charge on any atom is 0.411 e. The number of ether oxygens (including phenoxy) is 2. The number of aliphatic carboxylic acids is 1. The zero-order chi connectivity index (χ0) is 24.2. The SMILES string of the molecule is CCOc1ccc(CC(=O)O)cc1-c1ccc(C)cc1CN1C(=O)O[C@H](c2ccccc2)[C@@H]1C. The fraction of sp³-hybridized carbons (Fsp3) is 0.286. The van der Waals surface area contributed by atoms with Gasteiger partial charge in [-0.05, 0) is 55.2 Å². The van der Waals surface area contributed by atoms with Gasteiger partial charge in [-0.3, -0.25) is 9.69 Å². The van der Waals surface area contributed by atoms with E-state index in [4.69, 9.17) is 9.47 Å². The summed E-state index contributed by atoms with van der Waals surface area (Å²) in [7, 11) is 0. The zero-order valence-corrected chi connectivity index (χ0v) is 19.7. The highest BCUT2D eigenvalue weighted by molar-refractivity contribution is 5.78. The summed E-state index contributed by atoms with van der Waals surface area (Å²) in [5.41, 5.74) is 5.40. The minimum atomic E-state index is -0.889. The molecule has 0 radical (unpaired) electrons. The molecule has 1 saturated heterocycles. The average molecular weight is 460 g/mol. The van der Waals surface area contributed by atoms with E-state index in [9.17, 15) is 14.7 Å². The number of hydrogen-bond acceptors (Lipinski definition) is 4. The van der Waals surface area contributed by atoms with Crippen molar-refractivity contribution in [2.24, 2.45) is 0 Å². The Morgan fingerprint density at radius 1 is 1.06 bits per heavy atom. The molecule has 1 fully saturated rings. The Morgan fingerprint density at radius 3 is 2.53 bits per heavy atom. The van der Waals surface area contributed by atoms with E-state index in [1.807, 2.05) is 75.4 Å². The molecule has 1 aliphatic heterocycles. The third-order valence-electron chi connectivity index (χ3n) is 6.11. The van der Waals surface area contributed by atoms with Crippen LogP contribution in [0.4, 0.5) is 4.79 Å². The summed E-state index contributed by atoms with van der Waals surface area (Å²) in [6, 6.07) is 21.2. The summed E-state index contributed by atoms with van der Waals surface area (Å²) in [5.74, 6) is -0.208. The van der Waals surface area contributed by atoms with E-state index in [2.05, 4.69) is 6.07 Å². The minimum Gasteiger partial charge on any atom is -0.493 e. The quantitative estimate of drug-likeness (QED) is 0.463. The van der Waals surface area contributed by atoms with Gasteiger partial charge in [0.15, 0.2) is 0 Å². The van der Waals surface area contributed by atoms with Crippen molar-refractivity contribution in [1.29, 1.82) is 0 Å². The molecule has 4 rings (SSSR count). The lowest BCUT2D eigenvalue weighted by molar-refractivity contribution is -0.136. The Bertz CT molecular complexity index is 1190. The minimum absolute atomic E-state index is 0.0746.